The summed E-state index contributed by atoms with van der Waals surface area (Å²) >= 11 is 1.83. The van der Waals surface area contributed by atoms with Crippen LogP contribution in [0.15, 0.2) is 24.3 Å². The van der Waals surface area contributed by atoms with Crippen molar-refractivity contribution in [3.63, 3.8) is 0 Å². The molecule has 0 radical (unpaired) electrons. The summed E-state index contributed by atoms with van der Waals surface area (Å²) in [5, 5.41) is 2.44. The smallest absolute Gasteiger partial charge is 0.410 e. The number of nitrogens with one attached hydrogen (secondary N) is 1. The number of ether oxygens (including phenoxy) is 1. The second-order valence-corrected chi connectivity index (χ2v) is 4.33. The summed E-state index contributed by atoms with van der Waals surface area (Å²) in [4.78, 5) is 11.1. The quantitative estimate of drug-likeness (QED) is 0.803. The Morgan fingerprint density at radius 2 is 2.19 bits per heavy atom. The molecule has 0 saturated heterocycles. The van der Waals surface area contributed by atoms with Gasteiger partial charge in [-0.3, -0.25) is 0 Å². The molecule has 4 heteroatoms. The molecule has 0 unspecified atom stereocenters. The lowest BCUT2D eigenvalue weighted by molar-refractivity contribution is 0.202. The fraction of sp³-hybridized carbons (Fsp3) is 0.417. The number of hydrogen-bond donors (Lipinski definition) is 1. The number of carbonyl (C=O) groups is 1. The molecule has 0 atom stereocenters. The monoisotopic (exact) mass is 239 g/mol. The molecule has 1 aromatic rings. The lowest BCUT2D eigenvalue weighted by atomic mass is 10.1. The average molecular weight is 239 g/mol. The zero-order chi connectivity index (χ0) is 11.8. The van der Waals surface area contributed by atoms with Crippen LogP contribution in [0.2, 0.25) is 0 Å². The summed E-state index contributed by atoms with van der Waals surface area (Å²) in [6.45, 7) is 0. The maximum Gasteiger partial charge on any atom is 0.412 e. The number of carbonyl (C=O) groups excluding carboxylic acids is 1. The molecule has 88 valence electrons. The first-order valence-electron chi connectivity index (χ1n) is 5.24. The molecular weight excluding hydrogens is 222 g/mol. The van der Waals surface area contributed by atoms with Gasteiger partial charge in [0, 0.05) is 7.05 Å². The molecule has 1 rings (SSSR count). The molecule has 0 fully saturated rings. The minimum atomic E-state index is -0.419. The Morgan fingerprint density at radius 3 is 2.88 bits per heavy atom. The molecule has 0 aliphatic rings. The van der Waals surface area contributed by atoms with E-state index in [9.17, 15) is 4.79 Å². The van der Waals surface area contributed by atoms with Crippen molar-refractivity contribution in [3.8, 4) is 5.75 Å². The SMILES string of the molecule is CNC(=O)Oc1ccccc1CCCSC. The highest BCUT2D eigenvalue weighted by Gasteiger charge is 2.06. The van der Waals surface area contributed by atoms with Gasteiger partial charge in [-0.15, -0.1) is 0 Å². The van der Waals surface area contributed by atoms with Crippen LogP contribution in [-0.2, 0) is 6.42 Å². The summed E-state index contributed by atoms with van der Waals surface area (Å²) in [6.07, 6.45) is 3.70. The van der Waals surface area contributed by atoms with Gasteiger partial charge in [-0.2, -0.15) is 11.8 Å². The molecule has 1 N–H and O–H groups in total. The maximum absolute atomic E-state index is 11.1. The Labute approximate surface area is 101 Å². The third-order valence-electron chi connectivity index (χ3n) is 2.17. The molecule has 1 aromatic carbocycles. The minimum Gasteiger partial charge on any atom is -0.410 e. The van der Waals surface area contributed by atoms with Crippen LogP contribution in [0, 0.1) is 0 Å². The molecule has 0 aliphatic carbocycles. The summed E-state index contributed by atoms with van der Waals surface area (Å²) in [7, 11) is 1.55. The van der Waals surface area contributed by atoms with Crippen molar-refractivity contribution in [2.45, 2.75) is 12.8 Å². The van der Waals surface area contributed by atoms with Crippen molar-refractivity contribution < 1.29 is 9.53 Å². The van der Waals surface area contributed by atoms with Gasteiger partial charge in [0.2, 0.25) is 0 Å². The number of rotatable bonds is 5. The average Bonchev–Trinajstić information content (AvgIpc) is 2.31. The van der Waals surface area contributed by atoms with E-state index < -0.39 is 6.09 Å². The van der Waals surface area contributed by atoms with E-state index in [4.69, 9.17) is 4.74 Å². The standard InChI is InChI=1S/C12H17NO2S/c1-13-12(14)15-11-8-4-3-6-10(11)7-5-9-16-2/h3-4,6,8H,5,7,9H2,1-2H3,(H,13,14). The largest absolute Gasteiger partial charge is 0.412 e. The van der Waals surface area contributed by atoms with Gasteiger partial charge in [0.05, 0.1) is 0 Å². The molecule has 0 aliphatic heterocycles. The number of thioether (sulfide) groups is 1. The third kappa shape index (κ3) is 4.14. The number of amides is 1. The van der Waals surface area contributed by atoms with E-state index in [0.29, 0.717) is 5.75 Å². The molecule has 0 saturated carbocycles. The van der Waals surface area contributed by atoms with Crippen LogP contribution in [0.4, 0.5) is 4.79 Å². The van der Waals surface area contributed by atoms with Gasteiger partial charge in [-0.1, -0.05) is 18.2 Å². The van der Waals surface area contributed by atoms with Crippen LogP contribution in [0.25, 0.3) is 0 Å². The van der Waals surface area contributed by atoms with Gasteiger partial charge < -0.3 is 10.1 Å². The predicted molar refractivity (Wildman–Crippen MR) is 68.2 cm³/mol. The van der Waals surface area contributed by atoms with Crippen molar-refractivity contribution >= 4 is 17.9 Å². The topological polar surface area (TPSA) is 38.3 Å². The van der Waals surface area contributed by atoms with E-state index in [-0.39, 0.29) is 0 Å². The Morgan fingerprint density at radius 1 is 1.44 bits per heavy atom. The van der Waals surface area contributed by atoms with Crippen LogP contribution in [0.3, 0.4) is 0 Å². The lowest BCUT2D eigenvalue weighted by Crippen LogP contribution is -2.22. The van der Waals surface area contributed by atoms with Gasteiger partial charge in [-0.05, 0) is 36.5 Å². The van der Waals surface area contributed by atoms with E-state index in [2.05, 4.69) is 11.6 Å². The first kappa shape index (κ1) is 12.9. The van der Waals surface area contributed by atoms with Gasteiger partial charge >= 0.3 is 6.09 Å². The van der Waals surface area contributed by atoms with Crippen molar-refractivity contribution in [1.82, 2.24) is 5.32 Å². The maximum atomic E-state index is 11.1. The highest BCUT2D eigenvalue weighted by Crippen LogP contribution is 2.20. The number of aryl methyl sites for hydroxylation is 1. The van der Waals surface area contributed by atoms with Crippen LogP contribution < -0.4 is 10.1 Å². The number of hydrogen-bond acceptors (Lipinski definition) is 3. The van der Waals surface area contributed by atoms with E-state index in [1.54, 1.807) is 7.05 Å². The predicted octanol–water partition coefficient (Wildman–Crippen LogP) is 2.70. The van der Waals surface area contributed by atoms with Gasteiger partial charge in [0.1, 0.15) is 5.75 Å². The van der Waals surface area contributed by atoms with Crippen molar-refractivity contribution in [2.24, 2.45) is 0 Å². The second-order valence-electron chi connectivity index (χ2n) is 3.34. The summed E-state index contributed by atoms with van der Waals surface area (Å²) in [5.74, 6) is 1.77. The molecule has 0 bridgehead atoms. The summed E-state index contributed by atoms with van der Waals surface area (Å²) in [5.41, 5.74) is 1.08. The summed E-state index contributed by atoms with van der Waals surface area (Å²) < 4.78 is 5.17. The molecule has 0 heterocycles. The molecule has 0 aromatic heterocycles. The first-order valence-corrected chi connectivity index (χ1v) is 6.63. The molecular formula is C12H17NO2S. The minimum absolute atomic E-state index is 0.419. The Hall–Kier alpha value is -1.16. The summed E-state index contributed by atoms with van der Waals surface area (Å²) in [6, 6.07) is 7.66. The van der Waals surface area contributed by atoms with Gasteiger partial charge in [0.25, 0.3) is 0 Å². The first-order chi connectivity index (χ1) is 7.77. The molecule has 1 amide bonds. The lowest BCUT2D eigenvalue weighted by Gasteiger charge is -2.09. The second kappa shape index (κ2) is 7.17. The normalized spacial score (nSPS) is 9.88. The highest BCUT2D eigenvalue weighted by atomic mass is 32.2. The van der Waals surface area contributed by atoms with Gasteiger partial charge in [0.15, 0.2) is 0 Å². The fourth-order valence-corrected chi connectivity index (χ4v) is 1.80. The van der Waals surface area contributed by atoms with E-state index in [1.165, 1.54) is 0 Å². The van der Waals surface area contributed by atoms with E-state index in [0.717, 1.165) is 24.2 Å². The fourth-order valence-electron chi connectivity index (χ4n) is 1.37. The zero-order valence-corrected chi connectivity index (χ0v) is 10.5. The van der Waals surface area contributed by atoms with Crippen molar-refractivity contribution in [3.05, 3.63) is 29.8 Å². The Kier molecular flexibility index (Phi) is 5.78. The van der Waals surface area contributed by atoms with E-state index in [1.807, 2.05) is 36.0 Å². The van der Waals surface area contributed by atoms with E-state index >= 15 is 0 Å². The third-order valence-corrected chi connectivity index (χ3v) is 2.87. The number of para-hydroxylation sites is 1. The van der Waals surface area contributed by atoms with Crippen molar-refractivity contribution in [1.29, 1.82) is 0 Å². The molecule has 0 spiro atoms. The van der Waals surface area contributed by atoms with Crippen LogP contribution in [-0.4, -0.2) is 25.1 Å². The van der Waals surface area contributed by atoms with Crippen LogP contribution in [0.5, 0.6) is 5.75 Å². The molecule has 16 heavy (non-hydrogen) atoms. The highest BCUT2D eigenvalue weighted by molar-refractivity contribution is 7.98. The Balaban J connectivity index is 2.63. The number of benzene rings is 1. The Bertz CT molecular complexity index is 342. The molecule has 3 nitrogen and oxygen atoms in total. The van der Waals surface area contributed by atoms with Gasteiger partial charge in [-0.25, -0.2) is 4.79 Å². The van der Waals surface area contributed by atoms with Crippen molar-refractivity contribution in [2.75, 3.05) is 19.1 Å². The van der Waals surface area contributed by atoms with Crippen LogP contribution in [0.1, 0.15) is 12.0 Å². The zero-order valence-electron chi connectivity index (χ0n) is 9.66. The van der Waals surface area contributed by atoms with Crippen LogP contribution >= 0.6 is 11.8 Å².